The number of anilines is 1. The van der Waals surface area contributed by atoms with Crippen LogP contribution in [0.1, 0.15) is 34.8 Å². The Morgan fingerprint density at radius 1 is 1.22 bits per heavy atom. The van der Waals surface area contributed by atoms with Crippen molar-refractivity contribution < 1.29 is 14.3 Å². The molecule has 100 valence electrons. The molecule has 0 unspecified atom stereocenters. The van der Waals surface area contributed by atoms with Crippen LogP contribution in [0.3, 0.4) is 0 Å². The van der Waals surface area contributed by atoms with Crippen LogP contribution in [0.4, 0.5) is 5.69 Å². The Morgan fingerprint density at radius 2 is 1.94 bits per heavy atom. The van der Waals surface area contributed by atoms with Gasteiger partial charge < -0.3 is 15.2 Å². The molecule has 0 atom stereocenters. The van der Waals surface area contributed by atoms with E-state index in [0.29, 0.717) is 24.5 Å². The molecule has 18 heavy (non-hydrogen) atoms. The summed E-state index contributed by atoms with van der Waals surface area (Å²) in [6.45, 7) is 7.23. The zero-order valence-corrected chi connectivity index (χ0v) is 11.3. The minimum Gasteiger partial charge on any atom is -0.460 e. The zero-order chi connectivity index (χ0) is 13.5. The fraction of sp³-hybridized carbons (Fsp3) is 0.500. The molecule has 0 heterocycles. The number of carbonyl (C=O) groups is 1. The maximum Gasteiger partial charge on any atom is 0.338 e. The number of hydrogen-bond donors (Lipinski definition) is 1. The van der Waals surface area contributed by atoms with Gasteiger partial charge in [-0.05, 0) is 43.5 Å². The van der Waals surface area contributed by atoms with E-state index >= 15 is 0 Å². The van der Waals surface area contributed by atoms with Gasteiger partial charge in [-0.3, -0.25) is 0 Å². The van der Waals surface area contributed by atoms with Crippen molar-refractivity contribution in [2.45, 2.75) is 27.2 Å². The molecule has 0 saturated heterocycles. The highest BCUT2D eigenvalue weighted by atomic mass is 16.6. The Hall–Kier alpha value is -1.55. The number of ether oxygens (including phenoxy) is 2. The van der Waals surface area contributed by atoms with E-state index in [1.54, 1.807) is 6.07 Å². The maximum atomic E-state index is 11.9. The van der Waals surface area contributed by atoms with E-state index in [4.69, 9.17) is 15.2 Å². The molecule has 1 aromatic carbocycles. The number of benzene rings is 1. The van der Waals surface area contributed by atoms with Gasteiger partial charge in [0.1, 0.15) is 6.61 Å². The molecule has 0 aliphatic heterocycles. The molecule has 0 aromatic heterocycles. The summed E-state index contributed by atoms with van der Waals surface area (Å²) in [7, 11) is 0. The summed E-state index contributed by atoms with van der Waals surface area (Å²) < 4.78 is 10.4. The first-order valence-electron chi connectivity index (χ1n) is 6.17. The van der Waals surface area contributed by atoms with E-state index in [9.17, 15) is 4.79 Å². The molecule has 4 nitrogen and oxygen atoms in total. The van der Waals surface area contributed by atoms with Crippen molar-refractivity contribution in [2.75, 3.05) is 25.6 Å². The van der Waals surface area contributed by atoms with E-state index in [1.807, 2.05) is 26.8 Å². The lowest BCUT2D eigenvalue weighted by atomic mass is 10.0. The number of nitrogens with two attached hydrogens (primary N) is 1. The lowest BCUT2D eigenvalue weighted by Crippen LogP contribution is -2.13. The fourth-order valence-electron chi connectivity index (χ4n) is 1.62. The topological polar surface area (TPSA) is 61.5 Å². The van der Waals surface area contributed by atoms with Crippen LogP contribution in [0.2, 0.25) is 0 Å². The summed E-state index contributed by atoms with van der Waals surface area (Å²) in [5, 5.41) is 0. The molecule has 2 N–H and O–H groups in total. The number of nitrogen functional groups attached to an aromatic ring is 1. The van der Waals surface area contributed by atoms with E-state index in [2.05, 4.69) is 0 Å². The van der Waals surface area contributed by atoms with Gasteiger partial charge in [-0.2, -0.15) is 0 Å². The van der Waals surface area contributed by atoms with Gasteiger partial charge in [0.25, 0.3) is 0 Å². The first-order chi connectivity index (χ1) is 8.56. The van der Waals surface area contributed by atoms with Crippen LogP contribution >= 0.6 is 0 Å². The van der Waals surface area contributed by atoms with Gasteiger partial charge >= 0.3 is 5.97 Å². The van der Waals surface area contributed by atoms with Crippen LogP contribution < -0.4 is 5.73 Å². The van der Waals surface area contributed by atoms with Crippen molar-refractivity contribution in [3.8, 4) is 0 Å². The highest BCUT2D eigenvalue weighted by Gasteiger charge is 2.12. The van der Waals surface area contributed by atoms with Crippen LogP contribution in [-0.4, -0.2) is 25.8 Å². The van der Waals surface area contributed by atoms with Crippen LogP contribution in [0.25, 0.3) is 0 Å². The molecule has 0 amide bonds. The molecule has 0 spiro atoms. The summed E-state index contributed by atoms with van der Waals surface area (Å²) in [6, 6.07) is 3.49. The molecule has 1 aromatic rings. The van der Waals surface area contributed by atoms with E-state index in [-0.39, 0.29) is 12.6 Å². The van der Waals surface area contributed by atoms with Gasteiger partial charge in [0.2, 0.25) is 0 Å². The van der Waals surface area contributed by atoms with Crippen LogP contribution in [0.5, 0.6) is 0 Å². The SMILES string of the molecule is CCCOCCOC(=O)c1cc(N)cc(C)c1C. The number of hydrogen-bond acceptors (Lipinski definition) is 4. The van der Waals surface area contributed by atoms with Gasteiger partial charge in [-0.1, -0.05) is 6.92 Å². The normalized spacial score (nSPS) is 10.4. The van der Waals surface area contributed by atoms with Crippen LogP contribution in [0, 0.1) is 13.8 Å². The number of rotatable bonds is 6. The third-order valence-electron chi connectivity index (χ3n) is 2.72. The monoisotopic (exact) mass is 251 g/mol. The molecule has 0 fully saturated rings. The largest absolute Gasteiger partial charge is 0.460 e. The van der Waals surface area contributed by atoms with E-state index in [1.165, 1.54) is 0 Å². The average molecular weight is 251 g/mol. The Bertz CT molecular complexity index is 416. The minimum absolute atomic E-state index is 0.270. The second-order valence-corrected chi connectivity index (χ2v) is 4.26. The average Bonchev–Trinajstić information content (AvgIpc) is 2.33. The molecule has 0 radical (unpaired) electrons. The highest BCUT2D eigenvalue weighted by molar-refractivity contribution is 5.92. The van der Waals surface area contributed by atoms with E-state index in [0.717, 1.165) is 17.5 Å². The molecule has 4 heteroatoms. The summed E-state index contributed by atoms with van der Waals surface area (Å²) in [5.74, 6) is -0.344. The Balaban J connectivity index is 2.56. The van der Waals surface area contributed by atoms with Gasteiger partial charge in [0, 0.05) is 12.3 Å². The molecule has 0 aliphatic carbocycles. The molecular formula is C14H21NO3. The van der Waals surface area contributed by atoms with Crippen molar-refractivity contribution in [1.82, 2.24) is 0 Å². The van der Waals surface area contributed by atoms with Crippen LogP contribution in [0.15, 0.2) is 12.1 Å². The zero-order valence-electron chi connectivity index (χ0n) is 11.3. The van der Waals surface area contributed by atoms with Crippen molar-refractivity contribution in [3.63, 3.8) is 0 Å². The quantitative estimate of drug-likeness (QED) is 0.479. The third kappa shape index (κ3) is 4.04. The Labute approximate surface area is 108 Å². The molecule has 1 rings (SSSR count). The van der Waals surface area contributed by atoms with Crippen LogP contribution in [-0.2, 0) is 9.47 Å². The lowest BCUT2D eigenvalue weighted by Gasteiger charge is -2.10. The van der Waals surface area contributed by atoms with E-state index < -0.39 is 0 Å². The second-order valence-electron chi connectivity index (χ2n) is 4.26. The molecular weight excluding hydrogens is 230 g/mol. The maximum absolute atomic E-state index is 11.9. The fourth-order valence-corrected chi connectivity index (χ4v) is 1.62. The summed E-state index contributed by atoms with van der Waals surface area (Å²) in [4.78, 5) is 11.9. The first kappa shape index (κ1) is 14.5. The standard InChI is InChI=1S/C14H21NO3/c1-4-5-17-6-7-18-14(16)13-9-12(15)8-10(2)11(13)3/h8-9H,4-7,15H2,1-3H3. The predicted octanol–water partition coefficient (Wildman–Crippen LogP) is 2.47. The molecule has 0 bridgehead atoms. The predicted molar refractivity (Wildman–Crippen MR) is 71.7 cm³/mol. The van der Waals surface area contributed by atoms with Crippen molar-refractivity contribution in [2.24, 2.45) is 0 Å². The highest BCUT2D eigenvalue weighted by Crippen LogP contribution is 2.18. The number of aryl methyl sites for hydroxylation is 1. The number of esters is 1. The van der Waals surface area contributed by atoms with Crippen molar-refractivity contribution in [3.05, 3.63) is 28.8 Å². The van der Waals surface area contributed by atoms with Gasteiger partial charge in [0.05, 0.1) is 12.2 Å². The van der Waals surface area contributed by atoms with Gasteiger partial charge in [0.15, 0.2) is 0 Å². The molecule has 0 aliphatic rings. The van der Waals surface area contributed by atoms with Gasteiger partial charge in [-0.25, -0.2) is 4.79 Å². The summed E-state index contributed by atoms with van der Waals surface area (Å²) in [5.41, 5.74) is 8.73. The number of carbonyl (C=O) groups excluding carboxylic acids is 1. The Kier molecular flexibility index (Phi) is 5.65. The second kappa shape index (κ2) is 7.01. The summed E-state index contributed by atoms with van der Waals surface area (Å²) in [6.07, 6.45) is 0.960. The first-order valence-corrected chi connectivity index (χ1v) is 6.17. The Morgan fingerprint density at radius 3 is 2.61 bits per heavy atom. The van der Waals surface area contributed by atoms with Crippen molar-refractivity contribution >= 4 is 11.7 Å². The molecule has 0 saturated carbocycles. The summed E-state index contributed by atoms with van der Waals surface area (Å²) >= 11 is 0. The van der Waals surface area contributed by atoms with Gasteiger partial charge in [-0.15, -0.1) is 0 Å². The minimum atomic E-state index is -0.344. The lowest BCUT2D eigenvalue weighted by molar-refractivity contribution is 0.0318. The van der Waals surface area contributed by atoms with Crippen molar-refractivity contribution in [1.29, 1.82) is 0 Å². The third-order valence-corrected chi connectivity index (χ3v) is 2.72. The smallest absolute Gasteiger partial charge is 0.338 e.